The number of aromatic nitrogens is 1. The summed E-state index contributed by atoms with van der Waals surface area (Å²) in [6.07, 6.45) is 8.93. The van der Waals surface area contributed by atoms with E-state index in [-0.39, 0.29) is 11.9 Å². The molecule has 1 aromatic heterocycles. The fourth-order valence-corrected chi connectivity index (χ4v) is 3.31. The summed E-state index contributed by atoms with van der Waals surface area (Å²) < 4.78 is 13.1. The van der Waals surface area contributed by atoms with E-state index in [1.165, 1.54) is 44.4 Å². The van der Waals surface area contributed by atoms with Crippen molar-refractivity contribution in [2.24, 2.45) is 11.8 Å². The fraction of sp³-hybridized carbons (Fsp3) is 0.706. The highest BCUT2D eigenvalue weighted by molar-refractivity contribution is 5.11. The van der Waals surface area contributed by atoms with E-state index >= 15 is 0 Å². The van der Waals surface area contributed by atoms with Crippen molar-refractivity contribution in [3.8, 4) is 0 Å². The first-order valence-corrected chi connectivity index (χ1v) is 8.09. The Balaban J connectivity index is 2.05. The molecule has 0 saturated heterocycles. The Morgan fingerprint density at radius 3 is 2.55 bits per heavy atom. The van der Waals surface area contributed by atoms with Crippen LogP contribution in [0.15, 0.2) is 18.3 Å². The average molecular weight is 278 g/mol. The zero-order chi connectivity index (χ0) is 14.4. The molecule has 0 amide bonds. The smallest absolute Gasteiger partial charge is 0.141 e. The molecule has 2 rings (SSSR count). The SMILES string of the molecule is CCCNC(c1ccc(F)cn1)C1CCC(CC)CC1. The van der Waals surface area contributed by atoms with Gasteiger partial charge in [-0.3, -0.25) is 4.98 Å². The summed E-state index contributed by atoms with van der Waals surface area (Å²) in [5.74, 6) is 1.29. The van der Waals surface area contributed by atoms with Crippen molar-refractivity contribution in [3.05, 3.63) is 29.8 Å². The molecular formula is C17H27FN2. The van der Waals surface area contributed by atoms with Crippen LogP contribution in [-0.4, -0.2) is 11.5 Å². The molecule has 1 heterocycles. The van der Waals surface area contributed by atoms with Gasteiger partial charge in [0.2, 0.25) is 0 Å². The second-order valence-electron chi connectivity index (χ2n) is 6.02. The number of hydrogen-bond donors (Lipinski definition) is 1. The molecule has 1 N–H and O–H groups in total. The van der Waals surface area contributed by atoms with Crippen molar-refractivity contribution in [2.75, 3.05) is 6.54 Å². The van der Waals surface area contributed by atoms with Crippen molar-refractivity contribution in [1.29, 1.82) is 0 Å². The van der Waals surface area contributed by atoms with E-state index in [1.807, 2.05) is 6.07 Å². The highest BCUT2D eigenvalue weighted by atomic mass is 19.1. The van der Waals surface area contributed by atoms with Gasteiger partial charge in [-0.2, -0.15) is 0 Å². The summed E-state index contributed by atoms with van der Waals surface area (Å²) in [4.78, 5) is 4.31. The molecule has 0 spiro atoms. The van der Waals surface area contributed by atoms with Crippen LogP contribution < -0.4 is 5.32 Å². The Kier molecular flexibility index (Phi) is 5.96. The molecule has 0 radical (unpaired) electrons. The first kappa shape index (κ1) is 15.4. The third-order valence-electron chi connectivity index (χ3n) is 4.62. The third kappa shape index (κ3) is 4.02. The van der Waals surface area contributed by atoms with Gasteiger partial charge < -0.3 is 5.32 Å². The lowest BCUT2D eigenvalue weighted by molar-refractivity contribution is 0.216. The molecule has 0 aromatic carbocycles. The van der Waals surface area contributed by atoms with Gasteiger partial charge in [0.1, 0.15) is 5.82 Å². The number of rotatable bonds is 6. The molecule has 1 aliphatic rings. The lowest BCUT2D eigenvalue weighted by atomic mass is 9.76. The van der Waals surface area contributed by atoms with Gasteiger partial charge in [-0.05, 0) is 49.8 Å². The largest absolute Gasteiger partial charge is 0.308 e. The summed E-state index contributed by atoms with van der Waals surface area (Å²) in [6.45, 7) is 5.47. The number of hydrogen-bond acceptors (Lipinski definition) is 2. The minimum atomic E-state index is -0.252. The predicted molar refractivity (Wildman–Crippen MR) is 81.0 cm³/mol. The monoisotopic (exact) mass is 278 g/mol. The van der Waals surface area contributed by atoms with Crippen LogP contribution in [0.5, 0.6) is 0 Å². The molecule has 1 atom stereocenters. The summed E-state index contributed by atoms with van der Waals surface area (Å²) in [6, 6.07) is 3.66. The van der Waals surface area contributed by atoms with Gasteiger partial charge in [0.25, 0.3) is 0 Å². The van der Waals surface area contributed by atoms with Crippen molar-refractivity contribution in [3.63, 3.8) is 0 Å². The van der Waals surface area contributed by atoms with Gasteiger partial charge in [0.15, 0.2) is 0 Å². The van der Waals surface area contributed by atoms with Gasteiger partial charge in [-0.25, -0.2) is 4.39 Å². The van der Waals surface area contributed by atoms with E-state index in [1.54, 1.807) is 0 Å². The summed E-state index contributed by atoms with van der Waals surface area (Å²) in [7, 11) is 0. The van der Waals surface area contributed by atoms with Crippen molar-refractivity contribution in [2.45, 2.75) is 58.4 Å². The second kappa shape index (κ2) is 7.72. The molecule has 1 fully saturated rings. The summed E-state index contributed by atoms with van der Waals surface area (Å²) in [5.41, 5.74) is 1.000. The van der Waals surface area contributed by atoms with Crippen molar-refractivity contribution >= 4 is 0 Å². The topological polar surface area (TPSA) is 24.9 Å². The number of pyridine rings is 1. The standard InChI is InChI=1S/C17H27FN2/c1-3-11-19-17(16-10-9-15(18)12-20-16)14-7-5-13(4-2)6-8-14/h9-10,12-14,17,19H,3-8,11H2,1-2H3. The quantitative estimate of drug-likeness (QED) is 0.830. The first-order chi connectivity index (χ1) is 9.74. The Labute approximate surface area is 122 Å². The Hall–Kier alpha value is -0.960. The van der Waals surface area contributed by atoms with Gasteiger partial charge in [0.05, 0.1) is 17.9 Å². The number of halogens is 1. The van der Waals surface area contributed by atoms with E-state index in [0.29, 0.717) is 5.92 Å². The van der Waals surface area contributed by atoms with Gasteiger partial charge in [-0.15, -0.1) is 0 Å². The van der Waals surface area contributed by atoms with Crippen LogP contribution in [0, 0.1) is 17.7 Å². The molecule has 0 bridgehead atoms. The highest BCUT2D eigenvalue weighted by Crippen LogP contribution is 2.37. The minimum absolute atomic E-state index is 0.252. The maximum absolute atomic E-state index is 13.1. The van der Waals surface area contributed by atoms with Gasteiger partial charge in [-0.1, -0.05) is 33.1 Å². The number of nitrogens with one attached hydrogen (secondary N) is 1. The van der Waals surface area contributed by atoms with Gasteiger partial charge in [0, 0.05) is 0 Å². The molecule has 1 aliphatic carbocycles. The van der Waals surface area contributed by atoms with Crippen LogP contribution in [0.25, 0.3) is 0 Å². The van der Waals surface area contributed by atoms with Crippen LogP contribution in [0.1, 0.15) is 64.1 Å². The lowest BCUT2D eigenvalue weighted by Gasteiger charge is -2.34. The van der Waals surface area contributed by atoms with Crippen LogP contribution in [0.2, 0.25) is 0 Å². The predicted octanol–water partition coefficient (Wildman–Crippen LogP) is 4.48. The fourth-order valence-electron chi connectivity index (χ4n) is 3.31. The third-order valence-corrected chi connectivity index (χ3v) is 4.62. The van der Waals surface area contributed by atoms with Crippen molar-refractivity contribution < 1.29 is 4.39 Å². The molecule has 1 saturated carbocycles. The van der Waals surface area contributed by atoms with Crippen LogP contribution >= 0.6 is 0 Å². The number of nitrogens with zero attached hydrogens (tertiary/aromatic N) is 1. The summed E-state index contributed by atoms with van der Waals surface area (Å²) >= 11 is 0. The Morgan fingerprint density at radius 1 is 1.25 bits per heavy atom. The average Bonchev–Trinajstić information content (AvgIpc) is 2.50. The summed E-state index contributed by atoms with van der Waals surface area (Å²) in [5, 5.41) is 3.62. The maximum Gasteiger partial charge on any atom is 0.141 e. The molecule has 3 heteroatoms. The zero-order valence-electron chi connectivity index (χ0n) is 12.7. The van der Waals surface area contributed by atoms with E-state index in [2.05, 4.69) is 24.1 Å². The molecule has 20 heavy (non-hydrogen) atoms. The molecule has 0 aliphatic heterocycles. The normalized spacial score (nSPS) is 24.6. The molecule has 112 valence electrons. The molecule has 1 aromatic rings. The van der Waals surface area contributed by atoms with E-state index in [9.17, 15) is 4.39 Å². The first-order valence-electron chi connectivity index (χ1n) is 8.09. The Bertz CT molecular complexity index is 382. The van der Waals surface area contributed by atoms with Gasteiger partial charge >= 0.3 is 0 Å². The minimum Gasteiger partial charge on any atom is -0.308 e. The second-order valence-corrected chi connectivity index (χ2v) is 6.02. The molecule has 2 nitrogen and oxygen atoms in total. The Morgan fingerprint density at radius 2 is 2.00 bits per heavy atom. The van der Waals surface area contributed by atoms with Crippen LogP contribution in [0.3, 0.4) is 0 Å². The highest BCUT2D eigenvalue weighted by Gasteiger charge is 2.28. The molecule has 1 unspecified atom stereocenters. The van der Waals surface area contributed by atoms with E-state index in [4.69, 9.17) is 0 Å². The zero-order valence-corrected chi connectivity index (χ0v) is 12.7. The van der Waals surface area contributed by atoms with Crippen molar-refractivity contribution in [1.82, 2.24) is 10.3 Å². The van der Waals surface area contributed by atoms with E-state index in [0.717, 1.165) is 24.6 Å². The van der Waals surface area contributed by atoms with Crippen LogP contribution in [0.4, 0.5) is 4.39 Å². The molecular weight excluding hydrogens is 251 g/mol. The van der Waals surface area contributed by atoms with Crippen LogP contribution in [-0.2, 0) is 0 Å². The van der Waals surface area contributed by atoms with E-state index < -0.39 is 0 Å². The lowest BCUT2D eigenvalue weighted by Crippen LogP contribution is -2.32. The maximum atomic E-state index is 13.1.